The fourth-order valence-electron chi connectivity index (χ4n) is 2.07. The van der Waals surface area contributed by atoms with Crippen molar-refractivity contribution in [1.29, 1.82) is 5.26 Å². The van der Waals surface area contributed by atoms with Gasteiger partial charge in [-0.1, -0.05) is 13.0 Å². The summed E-state index contributed by atoms with van der Waals surface area (Å²) in [5, 5.41) is 22.7. The lowest BCUT2D eigenvalue weighted by atomic mass is 10.0. The number of benzene rings is 1. The number of anilines is 1. The molecule has 0 aliphatic carbocycles. The van der Waals surface area contributed by atoms with E-state index < -0.39 is 5.60 Å². The highest BCUT2D eigenvalue weighted by Crippen LogP contribution is 2.28. The average molecular weight is 278 g/mol. The van der Waals surface area contributed by atoms with E-state index in [2.05, 4.69) is 18.3 Å². The maximum atomic E-state index is 10.2. The Kier molecular flexibility index (Phi) is 4.70. The molecule has 5 heteroatoms. The number of rotatable bonds is 5. The van der Waals surface area contributed by atoms with E-state index in [1.54, 1.807) is 11.8 Å². The van der Waals surface area contributed by atoms with Gasteiger partial charge in [-0.3, -0.25) is 0 Å². The number of thioether (sulfide) groups is 1. The van der Waals surface area contributed by atoms with Crippen molar-refractivity contribution in [1.82, 2.24) is 0 Å². The topological polar surface area (TPSA) is 65.3 Å². The van der Waals surface area contributed by atoms with Crippen LogP contribution in [-0.4, -0.2) is 36.2 Å². The lowest BCUT2D eigenvalue weighted by molar-refractivity contribution is 0.0382. The van der Waals surface area contributed by atoms with Gasteiger partial charge in [-0.15, -0.1) is 11.8 Å². The van der Waals surface area contributed by atoms with Crippen LogP contribution in [0.2, 0.25) is 0 Å². The molecule has 0 bridgehead atoms. The summed E-state index contributed by atoms with van der Waals surface area (Å²) in [6.45, 7) is 3.41. The molecule has 1 atom stereocenters. The fraction of sp³-hybridized carbons (Fsp3) is 0.500. The fourth-order valence-corrected chi connectivity index (χ4v) is 2.85. The van der Waals surface area contributed by atoms with Crippen LogP contribution in [-0.2, 0) is 4.74 Å². The van der Waals surface area contributed by atoms with Crippen molar-refractivity contribution in [2.45, 2.75) is 23.8 Å². The third kappa shape index (κ3) is 3.41. The van der Waals surface area contributed by atoms with Crippen LogP contribution in [0, 0.1) is 11.3 Å². The molecule has 0 saturated carbocycles. The first-order valence-electron chi connectivity index (χ1n) is 6.38. The zero-order chi connectivity index (χ0) is 13.7. The Balaban J connectivity index is 2.11. The van der Waals surface area contributed by atoms with Crippen LogP contribution in [0.15, 0.2) is 23.1 Å². The Morgan fingerprint density at radius 1 is 1.58 bits per heavy atom. The van der Waals surface area contributed by atoms with Crippen molar-refractivity contribution in [3.05, 3.63) is 23.8 Å². The molecule has 0 aromatic heterocycles. The highest BCUT2D eigenvalue weighted by Gasteiger charge is 2.32. The van der Waals surface area contributed by atoms with E-state index in [1.807, 2.05) is 18.2 Å². The van der Waals surface area contributed by atoms with Crippen LogP contribution in [0.5, 0.6) is 0 Å². The standard InChI is InChI=1S/C14H18N2O2S/c1-2-19-13-5-3-4-12(11(13)8-15)16-9-14(17)6-7-18-10-14/h3-5,16-17H,2,6-7,9-10H2,1H3. The Labute approximate surface area is 117 Å². The lowest BCUT2D eigenvalue weighted by Crippen LogP contribution is -2.37. The Bertz CT molecular complexity index is 479. The van der Waals surface area contributed by atoms with Gasteiger partial charge in [-0.05, 0) is 17.9 Å². The molecule has 2 N–H and O–H groups in total. The minimum Gasteiger partial charge on any atom is -0.386 e. The van der Waals surface area contributed by atoms with Crippen molar-refractivity contribution in [2.24, 2.45) is 0 Å². The molecule has 1 heterocycles. The third-order valence-corrected chi connectivity index (χ3v) is 4.07. The second kappa shape index (κ2) is 6.29. The van der Waals surface area contributed by atoms with Gasteiger partial charge in [-0.25, -0.2) is 0 Å². The summed E-state index contributed by atoms with van der Waals surface area (Å²) in [5.74, 6) is 0.926. The van der Waals surface area contributed by atoms with Gasteiger partial charge in [0.15, 0.2) is 0 Å². The maximum absolute atomic E-state index is 10.2. The number of nitrogens with one attached hydrogen (secondary N) is 1. The van der Waals surface area contributed by atoms with Crippen molar-refractivity contribution >= 4 is 17.4 Å². The summed E-state index contributed by atoms with van der Waals surface area (Å²) in [7, 11) is 0. The van der Waals surface area contributed by atoms with Crippen LogP contribution in [0.4, 0.5) is 5.69 Å². The number of hydrogen-bond acceptors (Lipinski definition) is 5. The highest BCUT2D eigenvalue weighted by molar-refractivity contribution is 7.99. The van der Waals surface area contributed by atoms with Gasteiger partial charge in [0.05, 0.1) is 17.9 Å². The van der Waals surface area contributed by atoms with Gasteiger partial charge in [-0.2, -0.15) is 5.26 Å². The van der Waals surface area contributed by atoms with Gasteiger partial charge in [0.2, 0.25) is 0 Å². The summed E-state index contributed by atoms with van der Waals surface area (Å²) in [4.78, 5) is 0.977. The lowest BCUT2D eigenvalue weighted by Gasteiger charge is -2.22. The van der Waals surface area contributed by atoms with Gasteiger partial charge in [0.1, 0.15) is 11.7 Å². The molecule has 1 saturated heterocycles. The van der Waals surface area contributed by atoms with E-state index in [0.717, 1.165) is 16.3 Å². The molecule has 1 aromatic carbocycles. The van der Waals surface area contributed by atoms with Crippen molar-refractivity contribution in [2.75, 3.05) is 30.8 Å². The van der Waals surface area contributed by atoms with Crippen molar-refractivity contribution in [3.63, 3.8) is 0 Å². The van der Waals surface area contributed by atoms with E-state index in [9.17, 15) is 10.4 Å². The molecule has 1 aromatic rings. The highest BCUT2D eigenvalue weighted by atomic mass is 32.2. The van der Waals surface area contributed by atoms with E-state index in [1.165, 1.54) is 0 Å². The number of ether oxygens (including phenoxy) is 1. The maximum Gasteiger partial charge on any atom is 0.107 e. The first kappa shape index (κ1) is 14.2. The molecule has 0 amide bonds. The van der Waals surface area contributed by atoms with Crippen LogP contribution < -0.4 is 5.32 Å². The van der Waals surface area contributed by atoms with Crippen LogP contribution >= 0.6 is 11.8 Å². The largest absolute Gasteiger partial charge is 0.386 e. The molecule has 1 fully saturated rings. The second-order valence-corrected chi connectivity index (χ2v) is 5.91. The SMILES string of the molecule is CCSc1cccc(NCC2(O)CCOC2)c1C#N. The summed E-state index contributed by atoms with van der Waals surface area (Å²) < 4.78 is 5.21. The Morgan fingerprint density at radius 3 is 3.05 bits per heavy atom. The Morgan fingerprint density at radius 2 is 2.42 bits per heavy atom. The molecule has 4 nitrogen and oxygen atoms in total. The minimum absolute atomic E-state index is 0.352. The molecule has 0 radical (unpaired) electrons. The van der Waals surface area contributed by atoms with Gasteiger partial charge < -0.3 is 15.2 Å². The van der Waals surface area contributed by atoms with Gasteiger partial charge in [0.25, 0.3) is 0 Å². The number of aliphatic hydroxyl groups is 1. The number of hydrogen-bond donors (Lipinski definition) is 2. The van der Waals surface area contributed by atoms with E-state index in [-0.39, 0.29) is 0 Å². The summed E-state index contributed by atoms with van der Waals surface area (Å²) in [6, 6.07) is 7.99. The first-order valence-corrected chi connectivity index (χ1v) is 7.37. The predicted molar refractivity (Wildman–Crippen MR) is 76.4 cm³/mol. The minimum atomic E-state index is -0.819. The summed E-state index contributed by atoms with van der Waals surface area (Å²) in [6.07, 6.45) is 0.630. The molecule has 1 aliphatic heterocycles. The van der Waals surface area contributed by atoms with E-state index >= 15 is 0 Å². The summed E-state index contributed by atoms with van der Waals surface area (Å²) in [5.41, 5.74) is 0.610. The Hall–Kier alpha value is -1.22. The third-order valence-electron chi connectivity index (χ3n) is 3.13. The van der Waals surface area contributed by atoms with Gasteiger partial charge in [0, 0.05) is 24.5 Å². The van der Waals surface area contributed by atoms with Crippen LogP contribution in [0.3, 0.4) is 0 Å². The molecule has 0 spiro atoms. The molecule has 1 unspecified atom stereocenters. The van der Waals surface area contributed by atoms with Gasteiger partial charge >= 0.3 is 0 Å². The van der Waals surface area contributed by atoms with Crippen molar-refractivity contribution < 1.29 is 9.84 Å². The average Bonchev–Trinajstić information content (AvgIpc) is 2.84. The second-order valence-electron chi connectivity index (χ2n) is 4.60. The van der Waals surface area contributed by atoms with Crippen molar-refractivity contribution in [3.8, 4) is 6.07 Å². The molecule has 102 valence electrons. The molecule has 1 aliphatic rings. The molecule has 19 heavy (non-hydrogen) atoms. The number of nitrogens with zero attached hydrogens (tertiary/aromatic N) is 1. The predicted octanol–water partition coefficient (Wildman–Crippen LogP) is 2.23. The van der Waals surface area contributed by atoms with E-state index in [4.69, 9.17) is 4.74 Å². The zero-order valence-corrected chi connectivity index (χ0v) is 11.8. The van der Waals surface area contributed by atoms with E-state index in [0.29, 0.717) is 31.7 Å². The quantitative estimate of drug-likeness (QED) is 0.809. The summed E-state index contributed by atoms with van der Waals surface area (Å²) >= 11 is 1.65. The molecular weight excluding hydrogens is 260 g/mol. The number of nitriles is 1. The van der Waals surface area contributed by atoms with Crippen LogP contribution in [0.25, 0.3) is 0 Å². The molecule has 2 rings (SSSR count). The zero-order valence-electron chi connectivity index (χ0n) is 11.0. The normalized spacial score (nSPS) is 22.2. The molecular formula is C14H18N2O2S. The monoisotopic (exact) mass is 278 g/mol. The smallest absolute Gasteiger partial charge is 0.107 e. The van der Waals surface area contributed by atoms with Crippen LogP contribution in [0.1, 0.15) is 18.9 Å². The first-order chi connectivity index (χ1) is 9.18.